The second-order valence-corrected chi connectivity index (χ2v) is 10.5. The summed E-state index contributed by atoms with van der Waals surface area (Å²) in [6.07, 6.45) is 0.744. The number of hydrogen-bond acceptors (Lipinski definition) is 9. The van der Waals surface area contributed by atoms with E-state index >= 15 is 0 Å². The lowest BCUT2D eigenvalue weighted by Crippen LogP contribution is -2.38. The zero-order chi connectivity index (χ0) is 30.5. The Balaban J connectivity index is 1.46. The van der Waals surface area contributed by atoms with Crippen molar-refractivity contribution in [1.82, 2.24) is 0 Å². The molecule has 9 nitrogen and oxygen atoms in total. The molecular weight excluding hydrogens is 550 g/mol. The molecule has 1 aliphatic heterocycles. The average molecular weight is 586 g/mol. The highest BCUT2D eigenvalue weighted by atomic mass is 16.6. The van der Waals surface area contributed by atoms with Crippen LogP contribution in [0.5, 0.6) is 28.7 Å². The summed E-state index contributed by atoms with van der Waals surface area (Å²) in [7, 11) is 4.61. The zero-order valence-electron chi connectivity index (χ0n) is 24.7. The second kappa shape index (κ2) is 13.0. The molecule has 0 radical (unpaired) electrons. The van der Waals surface area contributed by atoms with E-state index in [1.54, 1.807) is 33.3 Å². The van der Waals surface area contributed by atoms with Crippen molar-refractivity contribution >= 4 is 17.5 Å². The number of benzene rings is 3. The number of aliphatic imine (C=N–C) groups is 1. The van der Waals surface area contributed by atoms with Crippen LogP contribution < -0.4 is 18.9 Å². The molecule has 3 atom stereocenters. The lowest BCUT2D eigenvalue weighted by atomic mass is 9.69. The summed E-state index contributed by atoms with van der Waals surface area (Å²) >= 11 is 0. The van der Waals surface area contributed by atoms with Crippen LogP contribution in [-0.2, 0) is 14.3 Å². The molecule has 0 saturated heterocycles. The molecule has 1 heterocycles. The zero-order valence-corrected chi connectivity index (χ0v) is 24.7. The third kappa shape index (κ3) is 6.21. The number of aromatic hydroxyl groups is 1. The van der Waals surface area contributed by atoms with Crippen molar-refractivity contribution in [1.29, 1.82) is 0 Å². The molecule has 0 saturated carbocycles. The molecular formula is C34H35NO8. The molecule has 9 heteroatoms. The normalized spacial score (nSPS) is 19.7. The Labute approximate surface area is 250 Å². The van der Waals surface area contributed by atoms with E-state index in [1.165, 1.54) is 13.2 Å². The highest BCUT2D eigenvalue weighted by Crippen LogP contribution is 2.48. The third-order valence-corrected chi connectivity index (χ3v) is 7.92. The number of nitrogens with zero attached hydrogens (tertiary/aromatic N) is 1. The Morgan fingerprint density at radius 1 is 0.860 bits per heavy atom. The van der Waals surface area contributed by atoms with E-state index in [0.717, 1.165) is 5.56 Å². The van der Waals surface area contributed by atoms with Gasteiger partial charge in [-0.3, -0.25) is 14.6 Å². The molecule has 43 heavy (non-hydrogen) atoms. The third-order valence-electron chi connectivity index (χ3n) is 7.92. The Morgan fingerprint density at radius 2 is 1.56 bits per heavy atom. The molecule has 224 valence electrons. The first-order valence-corrected chi connectivity index (χ1v) is 14.1. The largest absolute Gasteiger partial charge is 0.504 e. The van der Waals surface area contributed by atoms with Gasteiger partial charge in [-0.25, -0.2) is 0 Å². The van der Waals surface area contributed by atoms with E-state index in [9.17, 15) is 14.7 Å². The van der Waals surface area contributed by atoms with Gasteiger partial charge in [0.2, 0.25) is 0 Å². The smallest absolute Gasteiger partial charge is 0.315 e. The summed E-state index contributed by atoms with van der Waals surface area (Å²) < 4.78 is 27.6. The molecule has 3 aromatic carbocycles. The molecule has 0 spiro atoms. The predicted molar refractivity (Wildman–Crippen MR) is 160 cm³/mol. The number of ketones is 1. The Kier molecular flexibility index (Phi) is 8.99. The fraction of sp³-hybridized carbons (Fsp3) is 0.324. The van der Waals surface area contributed by atoms with Gasteiger partial charge in [-0.05, 0) is 66.8 Å². The first-order valence-electron chi connectivity index (χ1n) is 14.1. The van der Waals surface area contributed by atoms with Gasteiger partial charge in [0.05, 0.1) is 21.3 Å². The van der Waals surface area contributed by atoms with Crippen molar-refractivity contribution in [2.75, 3.05) is 34.5 Å². The maximum Gasteiger partial charge on any atom is 0.315 e. The van der Waals surface area contributed by atoms with E-state index in [4.69, 9.17) is 28.7 Å². The fourth-order valence-corrected chi connectivity index (χ4v) is 5.86. The van der Waals surface area contributed by atoms with Gasteiger partial charge in [-0.1, -0.05) is 30.3 Å². The van der Waals surface area contributed by atoms with Crippen LogP contribution in [0.15, 0.2) is 83.0 Å². The van der Waals surface area contributed by atoms with Crippen molar-refractivity contribution in [3.05, 3.63) is 89.1 Å². The molecule has 1 unspecified atom stereocenters. The number of Topliss-reactive ketones (excluding diaryl/α,β-unsaturated/α-hetero) is 1. The van der Waals surface area contributed by atoms with E-state index in [2.05, 4.69) is 0 Å². The number of methoxy groups -OCH3 is 3. The summed E-state index contributed by atoms with van der Waals surface area (Å²) in [5, 5.41) is 10.3. The number of carbonyl (C=O) groups is 2. The number of carbonyl (C=O) groups excluding carboxylic acids is 2. The molecule has 0 amide bonds. The van der Waals surface area contributed by atoms with E-state index in [1.807, 2.05) is 48.5 Å². The van der Waals surface area contributed by atoms with E-state index < -0.39 is 17.8 Å². The maximum atomic E-state index is 14.0. The van der Waals surface area contributed by atoms with Crippen molar-refractivity contribution in [3.63, 3.8) is 0 Å². The standard InChI is InChI=1S/C34H35NO8/c1-20-31(34(38)43-15-14-42-24-8-6-5-7-9-24)32(22-10-12-26(36)29(19-22)40-3)33-25(35-20)16-23(17-27(33)37)21-11-13-28(39-2)30(18-21)41-4/h5-13,18-19,23,31-32,36H,14-17H2,1-4H3/t23-,31?,32-/m1/s1. The number of ether oxygens (including phenoxy) is 5. The van der Waals surface area contributed by atoms with Crippen LogP contribution in [0.3, 0.4) is 0 Å². The SMILES string of the molecule is COc1cc([C@H]2C3=C(C[C@@H](c4ccc(OC)c(OC)c4)CC3=O)N=C(C)C2C(=O)OCCOc2ccccc2)ccc1O. The highest BCUT2D eigenvalue weighted by Gasteiger charge is 2.45. The van der Waals surface area contributed by atoms with Crippen LogP contribution >= 0.6 is 0 Å². The van der Waals surface area contributed by atoms with E-state index in [0.29, 0.717) is 46.2 Å². The number of allylic oxidation sites excluding steroid dienone is 2. The minimum atomic E-state index is -0.841. The second-order valence-electron chi connectivity index (χ2n) is 10.5. The van der Waals surface area contributed by atoms with Gasteiger partial charge in [0.15, 0.2) is 28.8 Å². The Hall–Kier alpha value is -4.79. The highest BCUT2D eigenvalue weighted by molar-refractivity contribution is 6.09. The number of phenols is 1. The van der Waals surface area contributed by atoms with Crippen LogP contribution in [0, 0.1) is 5.92 Å². The molecule has 0 fully saturated rings. The Bertz CT molecular complexity index is 1560. The fourth-order valence-electron chi connectivity index (χ4n) is 5.86. The van der Waals surface area contributed by atoms with Gasteiger partial charge < -0.3 is 28.8 Å². The molecule has 0 bridgehead atoms. The first-order chi connectivity index (χ1) is 20.8. The van der Waals surface area contributed by atoms with Crippen LogP contribution in [0.25, 0.3) is 0 Å². The van der Waals surface area contributed by atoms with Crippen LogP contribution in [0.1, 0.15) is 42.7 Å². The number of esters is 1. The monoisotopic (exact) mass is 585 g/mol. The lowest BCUT2D eigenvalue weighted by molar-refractivity contribution is -0.147. The number of hydrogen-bond donors (Lipinski definition) is 1. The van der Waals surface area contributed by atoms with Gasteiger partial charge >= 0.3 is 5.97 Å². The number of rotatable bonds is 10. The summed E-state index contributed by atoms with van der Waals surface area (Å²) in [4.78, 5) is 32.4. The minimum Gasteiger partial charge on any atom is -0.504 e. The van der Waals surface area contributed by atoms with Gasteiger partial charge in [0.1, 0.15) is 24.9 Å². The van der Waals surface area contributed by atoms with Crippen LogP contribution in [0.4, 0.5) is 0 Å². The molecule has 0 aromatic heterocycles. The maximum absolute atomic E-state index is 14.0. The van der Waals surface area contributed by atoms with Gasteiger partial charge in [-0.15, -0.1) is 0 Å². The molecule has 5 rings (SSSR count). The van der Waals surface area contributed by atoms with Crippen molar-refractivity contribution in [2.24, 2.45) is 10.9 Å². The summed E-state index contributed by atoms with van der Waals surface area (Å²) in [5.41, 5.74) is 3.26. The topological polar surface area (TPSA) is 113 Å². The predicted octanol–water partition coefficient (Wildman–Crippen LogP) is 5.62. The van der Waals surface area contributed by atoms with Crippen molar-refractivity contribution in [2.45, 2.75) is 31.6 Å². The van der Waals surface area contributed by atoms with Gasteiger partial charge in [0, 0.05) is 29.3 Å². The molecule has 1 N–H and O–H groups in total. The molecule has 1 aliphatic carbocycles. The lowest BCUT2D eigenvalue weighted by Gasteiger charge is -2.36. The molecule has 2 aliphatic rings. The van der Waals surface area contributed by atoms with Crippen molar-refractivity contribution < 1.29 is 38.4 Å². The van der Waals surface area contributed by atoms with E-state index in [-0.39, 0.29) is 42.8 Å². The number of para-hydroxylation sites is 1. The first kappa shape index (κ1) is 29.7. The van der Waals surface area contributed by atoms with Gasteiger partial charge in [0.25, 0.3) is 0 Å². The summed E-state index contributed by atoms with van der Waals surface area (Å²) in [5.74, 6) is -0.159. The van der Waals surface area contributed by atoms with Crippen LogP contribution in [0.2, 0.25) is 0 Å². The molecule has 3 aromatic rings. The van der Waals surface area contributed by atoms with Gasteiger partial charge in [-0.2, -0.15) is 0 Å². The summed E-state index contributed by atoms with van der Waals surface area (Å²) in [6, 6.07) is 19.8. The Morgan fingerprint density at radius 3 is 2.28 bits per heavy atom. The number of phenolic OH excluding ortho intramolecular Hbond substituents is 1. The minimum absolute atomic E-state index is 0.0321. The average Bonchev–Trinajstić information content (AvgIpc) is 3.02. The van der Waals surface area contributed by atoms with Crippen molar-refractivity contribution in [3.8, 4) is 28.7 Å². The quantitative estimate of drug-likeness (QED) is 0.241. The summed E-state index contributed by atoms with van der Waals surface area (Å²) in [6.45, 7) is 1.99. The van der Waals surface area contributed by atoms with Crippen LogP contribution in [-0.4, -0.2) is 57.1 Å².